The average molecular weight is 232 g/mol. The van der Waals surface area contributed by atoms with Gasteiger partial charge in [0.2, 0.25) is 0 Å². The van der Waals surface area contributed by atoms with E-state index in [1.54, 1.807) is 12.3 Å². The van der Waals surface area contributed by atoms with Gasteiger partial charge in [0.1, 0.15) is 0 Å². The molecule has 1 atom stereocenters. The Kier molecular flexibility index (Phi) is 3.46. The molecule has 1 aromatic rings. The fourth-order valence-electron chi connectivity index (χ4n) is 0.984. The molecule has 15 heavy (non-hydrogen) atoms. The van der Waals surface area contributed by atoms with Crippen LogP contribution in [0.1, 0.15) is 6.92 Å². The number of aliphatic carboxylic acids is 1. The molecule has 1 aromatic heterocycles. The zero-order valence-electron chi connectivity index (χ0n) is 8.20. The van der Waals surface area contributed by atoms with Gasteiger partial charge in [-0.2, -0.15) is 5.10 Å². The maximum atomic E-state index is 11.4. The van der Waals surface area contributed by atoms with Gasteiger partial charge in [-0.3, -0.25) is 9.48 Å². The van der Waals surface area contributed by atoms with Crippen molar-refractivity contribution >= 4 is 15.8 Å². The molecular weight excluding hydrogens is 220 g/mol. The minimum absolute atomic E-state index is 0.174. The number of aryl methyl sites for hydroxylation is 1. The summed E-state index contributed by atoms with van der Waals surface area (Å²) in [5, 5.41) is 11.0. The maximum absolute atomic E-state index is 11.4. The highest BCUT2D eigenvalue weighted by Gasteiger charge is 2.27. The summed E-state index contributed by atoms with van der Waals surface area (Å²) >= 11 is 0. The number of hydrogen-bond donors (Lipinski definition) is 1. The highest BCUT2D eigenvalue weighted by Crippen LogP contribution is 2.03. The van der Waals surface area contributed by atoms with Crippen molar-refractivity contribution in [1.82, 2.24) is 9.78 Å². The zero-order valence-corrected chi connectivity index (χ0v) is 9.01. The third-order valence-corrected chi connectivity index (χ3v) is 4.08. The molecule has 0 aromatic carbocycles. The molecule has 1 heterocycles. The first-order valence-electron chi connectivity index (χ1n) is 4.35. The summed E-state index contributed by atoms with van der Waals surface area (Å²) in [5.74, 6) is -1.54. The van der Waals surface area contributed by atoms with Crippen molar-refractivity contribution in [3.05, 3.63) is 18.5 Å². The van der Waals surface area contributed by atoms with E-state index in [-0.39, 0.29) is 12.3 Å². The van der Waals surface area contributed by atoms with Crippen LogP contribution >= 0.6 is 0 Å². The lowest BCUT2D eigenvalue weighted by atomic mass is 10.5. The molecule has 0 aliphatic rings. The number of carbonyl (C=O) groups is 1. The molecule has 0 saturated heterocycles. The number of hydrogen-bond acceptors (Lipinski definition) is 4. The number of carboxylic acids is 1. The van der Waals surface area contributed by atoms with Gasteiger partial charge in [0.15, 0.2) is 15.1 Å². The Morgan fingerprint density at radius 3 is 2.73 bits per heavy atom. The van der Waals surface area contributed by atoms with E-state index in [0.717, 1.165) is 0 Å². The summed E-state index contributed by atoms with van der Waals surface area (Å²) < 4.78 is 24.3. The van der Waals surface area contributed by atoms with E-state index in [4.69, 9.17) is 5.11 Å². The molecule has 0 saturated carbocycles. The predicted octanol–water partition coefficient (Wildman–Crippen LogP) is -0.229. The van der Waals surface area contributed by atoms with Crippen molar-refractivity contribution in [3.8, 4) is 0 Å². The van der Waals surface area contributed by atoms with Crippen LogP contribution in [0.3, 0.4) is 0 Å². The molecule has 0 fully saturated rings. The van der Waals surface area contributed by atoms with Gasteiger partial charge in [0.05, 0.1) is 12.3 Å². The smallest absolute Gasteiger partial charge is 0.321 e. The van der Waals surface area contributed by atoms with Crippen LogP contribution in [0, 0.1) is 0 Å². The van der Waals surface area contributed by atoms with Gasteiger partial charge in [-0.1, -0.05) is 0 Å². The first kappa shape index (κ1) is 11.7. The van der Waals surface area contributed by atoms with Crippen LogP contribution in [0.4, 0.5) is 0 Å². The van der Waals surface area contributed by atoms with E-state index < -0.39 is 21.1 Å². The van der Waals surface area contributed by atoms with E-state index in [1.807, 2.05) is 0 Å². The normalized spacial score (nSPS) is 13.7. The standard InChI is InChI=1S/C8H12N2O4S/c1-7(8(11)12)15(13,14)6-5-10-4-2-3-9-10/h2-4,7H,5-6H2,1H3,(H,11,12). The van der Waals surface area contributed by atoms with Gasteiger partial charge in [-0.05, 0) is 13.0 Å². The zero-order chi connectivity index (χ0) is 11.5. The molecule has 0 aliphatic carbocycles. The summed E-state index contributed by atoms with van der Waals surface area (Å²) in [6, 6.07) is 1.67. The number of rotatable bonds is 5. The summed E-state index contributed by atoms with van der Waals surface area (Å²) in [4.78, 5) is 10.5. The van der Waals surface area contributed by atoms with Crippen LogP contribution in [0.25, 0.3) is 0 Å². The van der Waals surface area contributed by atoms with E-state index in [0.29, 0.717) is 0 Å². The van der Waals surface area contributed by atoms with Gasteiger partial charge in [-0.25, -0.2) is 8.42 Å². The number of nitrogens with zero attached hydrogens (tertiary/aromatic N) is 2. The van der Waals surface area contributed by atoms with Gasteiger partial charge in [-0.15, -0.1) is 0 Å². The first-order chi connectivity index (χ1) is 6.93. The minimum atomic E-state index is -3.60. The highest BCUT2D eigenvalue weighted by molar-refractivity contribution is 7.92. The third-order valence-electron chi connectivity index (χ3n) is 2.05. The Balaban J connectivity index is 2.62. The molecule has 6 nitrogen and oxygen atoms in total. The second-order valence-electron chi connectivity index (χ2n) is 3.12. The Morgan fingerprint density at radius 1 is 1.60 bits per heavy atom. The molecule has 1 unspecified atom stereocenters. The third kappa shape index (κ3) is 3.05. The Hall–Kier alpha value is -1.37. The second-order valence-corrected chi connectivity index (χ2v) is 5.56. The van der Waals surface area contributed by atoms with E-state index in [2.05, 4.69) is 5.10 Å². The molecule has 0 aliphatic heterocycles. The summed E-state index contributed by atoms with van der Waals surface area (Å²) in [7, 11) is -3.60. The Bertz CT molecular complexity index is 424. The average Bonchev–Trinajstić information content (AvgIpc) is 2.66. The lowest BCUT2D eigenvalue weighted by molar-refractivity contribution is -0.136. The van der Waals surface area contributed by atoms with Crippen molar-refractivity contribution in [2.75, 3.05) is 5.75 Å². The van der Waals surface area contributed by atoms with Crippen molar-refractivity contribution < 1.29 is 18.3 Å². The maximum Gasteiger partial charge on any atom is 0.321 e. The molecule has 1 N–H and O–H groups in total. The van der Waals surface area contributed by atoms with Gasteiger partial charge in [0, 0.05) is 12.4 Å². The molecule has 1 rings (SSSR count). The fourth-order valence-corrected chi connectivity index (χ4v) is 2.09. The SMILES string of the molecule is CC(C(=O)O)S(=O)(=O)CCn1cccn1. The van der Waals surface area contributed by atoms with Crippen LogP contribution in [0.15, 0.2) is 18.5 Å². The van der Waals surface area contributed by atoms with Crippen molar-refractivity contribution in [2.24, 2.45) is 0 Å². The second kappa shape index (κ2) is 4.43. The summed E-state index contributed by atoms with van der Waals surface area (Å²) in [6.45, 7) is 1.34. The predicted molar refractivity (Wildman–Crippen MR) is 53.1 cm³/mol. The highest BCUT2D eigenvalue weighted by atomic mass is 32.2. The molecule has 0 radical (unpaired) electrons. The van der Waals surface area contributed by atoms with Crippen LogP contribution in [0.2, 0.25) is 0 Å². The molecule has 0 amide bonds. The molecule has 0 spiro atoms. The quantitative estimate of drug-likeness (QED) is 0.757. The number of carboxylic acid groups (broad SMARTS) is 1. The van der Waals surface area contributed by atoms with E-state index in [9.17, 15) is 13.2 Å². The largest absolute Gasteiger partial charge is 0.480 e. The van der Waals surface area contributed by atoms with E-state index in [1.165, 1.54) is 17.8 Å². The lowest BCUT2D eigenvalue weighted by Gasteiger charge is -2.08. The van der Waals surface area contributed by atoms with Gasteiger partial charge >= 0.3 is 5.97 Å². The number of sulfone groups is 1. The summed E-state index contributed by atoms with van der Waals surface area (Å²) in [5.41, 5.74) is 0. The monoisotopic (exact) mass is 232 g/mol. The van der Waals surface area contributed by atoms with E-state index >= 15 is 0 Å². The first-order valence-corrected chi connectivity index (χ1v) is 6.07. The van der Waals surface area contributed by atoms with Crippen LogP contribution < -0.4 is 0 Å². The number of aromatic nitrogens is 2. The van der Waals surface area contributed by atoms with Crippen LogP contribution in [-0.4, -0.2) is 40.3 Å². The molecule has 0 bridgehead atoms. The molecule has 84 valence electrons. The van der Waals surface area contributed by atoms with Crippen molar-refractivity contribution in [1.29, 1.82) is 0 Å². The van der Waals surface area contributed by atoms with Gasteiger partial charge < -0.3 is 5.11 Å². The molecular formula is C8H12N2O4S. The fraction of sp³-hybridized carbons (Fsp3) is 0.500. The topological polar surface area (TPSA) is 89.3 Å². The van der Waals surface area contributed by atoms with Gasteiger partial charge in [0.25, 0.3) is 0 Å². The van der Waals surface area contributed by atoms with Crippen molar-refractivity contribution in [2.45, 2.75) is 18.7 Å². The summed E-state index contributed by atoms with van der Waals surface area (Å²) in [6.07, 6.45) is 3.16. The van der Waals surface area contributed by atoms with Crippen LogP contribution in [0.5, 0.6) is 0 Å². The Morgan fingerprint density at radius 2 is 2.27 bits per heavy atom. The minimum Gasteiger partial charge on any atom is -0.480 e. The lowest BCUT2D eigenvalue weighted by Crippen LogP contribution is -2.30. The van der Waals surface area contributed by atoms with Crippen molar-refractivity contribution in [3.63, 3.8) is 0 Å². The van der Waals surface area contributed by atoms with Crippen LogP contribution in [-0.2, 0) is 21.2 Å². The Labute approximate surface area is 87.4 Å². The molecule has 7 heteroatoms.